The predicted molar refractivity (Wildman–Crippen MR) is 71.9 cm³/mol. The molecule has 0 bridgehead atoms. The van der Waals surface area contributed by atoms with E-state index in [0.717, 1.165) is 19.3 Å². The Morgan fingerprint density at radius 2 is 1.37 bits per heavy atom. The summed E-state index contributed by atoms with van der Waals surface area (Å²) in [4.78, 5) is 21.2. The molecule has 0 spiro atoms. The molecule has 0 saturated heterocycles. The lowest BCUT2D eigenvalue weighted by Gasteiger charge is -2.14. The molecule has 0 saturated carbocycles. The van der Waals surface area contributed by atoms with Crippen LogP contribution in [-0.2, 0) is 9.59 Å². The number of rotatable bonds is 12. The van der Waals surface area contributed by atoms with E-state index in [9.17, 15) is 19.8 Å². The van der Waals surface area contributed by atoms with Gasteiger partial charge in [0.25, 0.3) is 5.78 Å². The van der Waals surface area contributed by atoms with Crippen molar-refractivity contribution in [2.75, 3.05) is 0 Å². The second kappa shape index (κ2) is 10.9. The van der Waals surface area contributed by atoms with Gasteiger partial charge < -0.3 is 15.3 Å². The molecule has 0 fully saturated rings. The molecule has 112 valence electrons. The van der Waals surface area contributed by atoms with Crippen molar-refractivity contribution < 1.29 is 24.9 Å². The third kappa shape index (κ3) is 8.72. The summed E-state index contributed by atoms with van der Waals surface area (Å²) in [6, 6.07) is 0. The Balaban J connectivity index is 3.55. The number of aliphatic hydroxyl groups is 2. The van der Waals surface area contributed by atoms with Gasteiger partial charge in [0.05, 0.1) is 6.10 Å². The van der Waals surface area contributed by atoms with Gasteiger partial charge in [-0.05, 0) is 6.42 Å². The quantitative estimate of drug-likeness (QED) is 0.373. The first-order valence-corrected chi connectivity index (χ1v) is 7.14. The van der Waals surface area contributed by atoms with Gasteiger partial charge in [-0.1, -0.05) is 58.3 Å². The van der Waals surface area contributed by atoms with E-state index in [2.05, 4.69) is 6.92 Å². The number of aliphatic hydroxyl groups excluding tert-OH is 2. The molecule has 0 aromatic rings. The zero-order valence-corrected chi connectivity index (χ0v) is 11.7. The van der Waals surface area contributed by atoms with E-state index in [1.807, 2.05) is 0 Å². The summed E-state index contributed by atoms with van der Waals surface area (Å²) in [5.41, 5.74) is 0. The minimum absolute atomic E-state index is 0.259. The number of carbonyl (C=O) groups excluding carboxylic acids is 1. The van der Waals surface area contributed by atoms with Gasteiger partial charge in [-0.3, -0.25) is 4.79 Å². The number of Topliss-reactive ketones (excluding diaryl/α,β-unsaturated/α-hetero) is 1. The highest BCUT2D eigenvalue weighted by atomic mass is 16.4. The summed E-state index contributed by atoms with van der Waals surface area (Å²) >= 11 is 0. The molecule has 3 N–H and O–H groups in total. The molecular weight excluding hydrogens is 248 g/mol. The maximum absolute atomic E-state index is 10.9. The minimum Gasteiger partial charge on any atom is -0.475 e. The third-order valence-corrected chi connectivity index (χ3v) is 3.20. The first-order valence-electron chi connectivity index (χ1n) is 7.14. The maximum atomic E-state index is 10.9. The van der Waals surface area contributed by atoms with Gasteiger partial charge >= 0.3 is 5.97 Å². The molecule has 0 aliphatic rings. The summed E-state index contributed by atoms with van der Waals surface area (Å²) in [6.07, 6.45) is 5.99. The molecule has 0 aromatic heterocycles. The lowest BCUT2D eigenvalue weighted by molar-refractivity contribution is -0.156. The second-order valence-corrected chi connectivity index (χ2v) is 4.95. The zero-order valence-electron chi connectivity index (χ0n) is 11.7. The Morgan fingerprint density at radius 1 is 0.895 bits per heavy atom. The van der Waals surface area contributed by atoms with Gasteiger partial charge in [-0.2, -0.15) is 0 Å². The average molecular weight is 274 g/mol. The fourth-order valence-corrected chi connectivity index (χ4v) is 1.95. The Kier molecular flexibility index (Phi) is 10.4. The van der Waals surface area contributed by atoms with Crippen LogP contribution in [0.1, 0.15) is 64.7 Å². The average Bonchev–Trinajstić information content (AvgIpc) is 2.39. The first kappa shape index (κ1) is 18.1. The Bertz CT molecular complexity index is 265. The van der Waals surface area contributed by atoms with Gasteiger partial charge in [0, 0.05) is 0 Å². The maximum Gasteiger partial charge on any atom is 0.375 e. The van der Waals surface area contributed by atoms with Crippen molar-refractivity contribution in [2.45, 2.75) is 76.9 Å². The first-order chi connectivity index (χ1) is 9.00. The van der Waals surface area contributed by atoms with Crippen LogP contribution in [-0.4, -0.2) is 39.3 Å². The summed E-state index contributed by atoms with van der Waals surface area (Å²) in [5.74, 6) is -3.05. The number of carboxylic acid groups (broad SMARTS) is 1. The number of ketones is 1. The number of unbranched alkanes of at least 4 members (excludes halogenated alkanes) is 7. The third-order valence-electron chi connectivity index (χ3n) is 3.20. The van der Waals surface area contributed by atoms with Crippen molar-refractivity contribution >= 4 is 11.8 Å². The van der Waals surface area contributed by atoms with Crippen LogP contribution in [0, 0.1) is 0 Å². The van der Waals surface area contributed by atoms with Crippen LogP contribution in [0.5, 0.6) is 0 Å². The van der Waals surface area contributed by atoms with Crippen LogP contribution in [0.15, 0.2) is 0 Å². The normalized spacial score (nSPS) is 14.1. The van der Waals surface area contributed by atoms with Crippen LogP contribution in [0.4, 0.5) is 0 Å². The van der Waals surface area contributed by atoms with E-state index < -0.39 is 24.0 Å². The Labute approximate surface area is 114 Å². The summed E-state index contributed by atoms with van der Waals surface area (Å²) in [7, 11) is 0. The van der Waals surface area contributed by atoms with Crippen LogP contribution >= 0.6 is 0 Å². The van der Waals surface area contributed by atoms with E-state index in [1.165, 1.54) is 25.7 Å². The van der Waals surface area contributed by atoms with Crippen molar-refractivity contribution in [2.24, 2.45) is 0 Å². The number of aliphatic carboxylic acids is 1. The Morgan fingerprint density at radius 3 is 1.84 bits per heavy atom. The molecule has 0 aromatic carbocycles. The standard InChI is InChI=1S/C14H26O5/c1-2-3-4-5-6-7-8-9-10-11(15)12(16)13(17)14(18)19/h11-12,15-16H,2-10H2,1H3,(H,18,19). The fraction of sp³-hybridized carbons (Fsp3) is 0.857. The van der Waals surface area contributed by atoms with E-state index in [-0.39, 0.29) is 6.42 Å². The van der Waals surface area contributed by atoms with Crippen LogP contribution in [0.3, 0.4) is 0 Å². The van der Waals surface area contributed by atoms with Gasteiger partial charge in [0.15, 0.2) is 0 Å². The molecule has 19 heavy (non-hydrogen) atoms. The van der Waals surface area contributed by atoms with Gasteiger partial charge in [0.1, 0.15) is 6.10 Å². The lowest BCUT2D eigenvalue weighted by Crippen LogP contribution is -2.38. The molecule has 0 heterocycles. The van der Waals surface area contributed by atoms with Crippen LogP contribution < -0.4 is 0 Å². The van der Waals surface area contributed by atoms with E-state index >= 15 is 0 Å². The highest BCUT2D eigenvalue weighted by molar-refractivity contribution is 6.34. The molecule has 0 aliphatic heterocycles. The van der Waals surface area contributed by atoms with Crippen molar-refractivity contribution in [3.05, 3.63) is 0 Å². The van der Waals surface area contributed by atoms with Crippen molar-refractivity contribution in [3.8, 4) is 0 Å². The number of carbonyl (C=O) groups is 2. The lowest BCUT2D eigenvalue weighted by atomic mass is 10.0. The summed E-state index contributed by atoms with van der Waals surface area (Å²) in [5, 5.41) is 27.1. The number of carboxylic acids is 1. The fourth-order valence-electron chi connectivity index (χ4n) is 1.95. The van der Waals surface area contributed by atoms with Gasteiger partial charge in [-0.25, -0.2) is 4.79 Å². The van der Waals surface area contributed by atoms with Crippen LogP contribution in [0.2, 0.25) is 0 Å². The highest BCUT2D eigenvalue weighted by Gasteiger charge is 2.28. The largest absolute Gasteiger partial charge is 0.475 e. The molecular formula is C14H26O5. The highest BCUT2D eigenvalue weighted by Crippen LogP contribution is 2.12. The molecule has 2 atom stereocenters. The minimum atomic E-state index is -1.80. The number of hydrogen-bond acceptors (Lipinski definition) is 4. The topological polar surface area (TPSA) is 94.8 Å². The van der Waals surface area contributed by atoms with Crippen molar-refractivity contribution in [3.63, 3.8) is 0 Å². The van der Waals surface area contributed by atoms with Crippen molar-refractivity contribution in [1.82, 2.24) is 0 Å². The summed E-state index contributed by atoms with van der Waals surface area (Å²) < 4.78 is 0. The van der Waals surface area contributed by atoms with E-state index in [0.29, 0.717) is 6.42 Å². The molecule has 0 radical (unpaired) electrons. The Hall–Kier alpha value is -0.940. The molecule has 0 aliphatic carbocycles. The zero-order chi connectivity index (χ0) is 14.7. The molecule has 0 amide bonds. The predicted octanol–water partition coefficient (Wildman–Crippen LogP) is 1.89. The molecule has 0 rings (SSSR count). The molecule has 5 heteroatoms. The van der Waals surface area contributed by atoms with E-state index in [1.54, 1.807) is 0 Å². The number of hydrogen-bond donors (Lipinski definition) is 3. The monoisotopic (exact) mass is 274 g/mol. The van der Waals surface area contributed by atoms with E-state index in [4.69, 9.17) is 5.11 Å². The SMILES string of the molecule is CCCCCCCCCCC(O)C(O)C(=O)C(=O)O. The summed E-state index contributed by atoms with van der Waals surface area (Å²) in [6.45, 7) is 2.17. The van der Waals surface area contributed by atoms with Crippen molar-refractivity contribution in [1.29, 1.82) is 0 Å². The second-order valence-electron chi connectivity index (χ2n) is 4.95. The smallest absolute Gasteiger partial charge is 0.375 e. The molecule has 2 unspecified atom stereocenters. The van der Waals surface area contributed by atoms with Gasteiger partial charge in [0.2, 0.25) is 0 Å². The molecule has 5 nitrogen and oxygen atoms in total. The van der Waals surface area contributed by atoms with Crippen LogP contribution in [0.25, 0.3) is 0 Å². The van der Waals surface area contributed by atoms with Gasteiger partial charge in [-0.15, -0.1) is 0 Å².